The van der Waals surface area contributed by atoms with Gasteiger partial charge in [0.2, 0.25) is 0 Å². The molecule has 0 aliphatic rings. The Morgan fingerprint density at radius 1 is 0.950 bits per heavy atom. The van der Waals surface area contributed by atoms with Crippen LogP contribution in [0.1, 0.15) is 19.4 Å². The average molecular weight is 262 g/mol. The molecule has 2 heteroatoms. The molecule has 0 aliphatic carbocycles. The lowest BCUT2D eigenvalue weighted by Gasteiger charge is -2.07. The number of hydrogen-bond acceptors (Lipinski definition) is 2. The molecule has 2 heterocycles. The molecular formula is C18H18N2. The van der Waals surface area contributed by atoms with Gasteiger partial charge in [0, 0.05) is 17.1 Å². The molecular weight excluding hydrogens is 244 g/mol. The fourth-order valence-corrected chi connectivity index (χ4v) is 2.43. The lowest BCUT2D eigenvalue weighted by molar-refractivity contribution is 0.646. The van der Waals surface area contributed by atoms with Crippen LogP contribution in [0.3, 0.4) is 0 Å². The second-order valence-electron chi connectivity index (χ2n) is 5.57. The molecule has 0 radical (unpaired) electrons. The Morgan fingerprint density at radius 3 is 2.50 bits per heavy atom. The molecule has 2 nitrogen and oxygen atoms in total. The van der Waals surface area contributed by atoms with Crippen LogP contribution in [0.15, 0.2) is 54.9 Å². The number of nitrogens with zero attached hydrogens (tertiary/aromatic N) is 2. The topological polar surface area (TPSA) is 25.8 Å². The van der Waals surface area contributed by atoms with Crippen LogP contribution in [0.25, 0.3) is 22.2 Å². The first kappa shape index (κ1) is 12.8. The Morgan fingerprint density at radius 2 is 1.75 bits per heavy atom. The summed E-state index contributed by atoms with van der Waals surface area (Å²) >= 11 is 0. The van der Waals surface area contributed by atoms with Crippen molar-refractivity contribution in [3.05, 3.63) is 60.4 Å². The van der Waals surface area contributed by atoms with Crippen molar-refractivity contribution in [1.82, 2.24) is 9.97 Å². The highest BCUT2D eigenvalue weighted by Gasteiger charge is 2.04. The molecule has 0 saturated heterocycles. The van der Waals surface area contributed by atoms with Gasteiger partial charge < -0.3 is 0 Å². The Kier molecular flexibility index (Phi) is 3.46. The molecule has 0 saturated carbocycles. The molecule has 0 N–H and O–H groups in total. The van der Waals surface area contributed by atoms with E-state index < -0.39 is 0 Å². The van der Waals surface area contributed by atoms with E-state index in [0.717, 1.165) is 28.6 Å². The Balaban J connectivity index is 2.05. The number of rotatable bonds is 3. The monoisotopic (exact) mass is 262 g/mol. The van der Waals surface area contributed by atoms with E-state index >= 15 is 0 Å². The maximum absolute atomic E-state index is 4.51. The third-order valence-corrected chi connectivity index (χ3v) is 3.34. The van der Waals surface area contributed by atoms with Gasteiger partial charge in [-0.15, -0.1) is 0 Å². The van der Waals surface area contributed by atoms with Gasteiger partial charge in [-0.3, -0.25) is 9.97 Å². The molecule has 0 spiro atoms. The minimum absolute atomic E-state index is 0.643. The van der Waals surface area contributed by atoms with Gasteiger partial charge in [-0.05, 0) is 30.0 Å². The predicted octanol–water partition coefficient (Wildman–Crippen LogP) is 4.50. The standard InChI is InChI=1S/C18H18N2/c1-13(2)8-14-9-16-10-17(15-6-4-3-5-7-15)20-12-18(16)19-11-14/h3-7,9-13H,8H2,1-2H3. The van der Waals surface area contributed by atoms with E-state index in [1.807, 2.05) is 30.6 Å². The largest absolute Gasteiger partial charge is 0.254 e. The minimum Gasteiger partial charge on any atom is -0.254 e. The number of fused-ring (bicyclic) bond motifs is 1. The predicted molar refractivity (Wildman–Crippen MR) is 83.5 cm³/mol. The Labute approximate surface area is 119 Å². The second-order valence-corrected chi connectivity index (χ2v) is 5.57. The molecule has 0 amide bonds. The minimum atomic E-state index is 0.643. The SMILES string of the molecule is CC(C)Cc1cnc2cnc(-c3ccccc3)cc2c1. The van der Waals surface area contributed by atoms with E-state index in [-0.39, 0.29) is 0 Å². The van der Waals surface area contributed by atoms with Crippen LogP contribution in [0, 0.1) is 5.92 Å². The molecule has 3 rings (SSSR count). The first-order valence-corrected chi connectivity index (χ1v) is 7.02. The van der Waals surface area contributed by atoms with Crippen LogP contribution < -0.4 is 0 Å². The number of pyridine rings is 2. The van der Waals surface area contributed by atoms with Gasteiger partial charge in [0.1, 0.15) is 0 Å². The number of hydrogen-bond donors (Lipinski definition) is 0. The fraction of sp³-hybridized carbons (Fsp3) is 0.222. The summed E-state index contributed by atoms with van der Waals surface area (Å²) in [5, 5.41) is 1.16. The molecule has 0 aliphatic heterocycles. The number of benzene rings is 1. The zero-order valence-electron chi connectivity index (χ0n) is 11.9. The fourth-order valence-electron chi connectivity index (χ4n) is 2.43. The highest BCUT2D eigenvalue weighted by Crippen LogP contribution is 2.22. The molecule has 0 atom stereocenters. The summed E-state index contributed by atoms with van der Waals surface area (Å²) in [4.78, 5) is 9.01. The van der Waals surface area contributed by atoms with Crippen molar-refractivity contribution in [2.45, 2.75) is 20.3 Å². The van der Waals surface area contributed by atoms with E-state index in [1.165, 1.54) is 5.56 Å². The first-order valence-electron chi connectivity index (χ1n) is 7.02. The van der Waals surface area contributed by atoms with E-state index in [4.69, 9.17) is 0 Å². The smallest absolute Gasteiger partial charge is 0.0885 e. The lowest BCUT2D eigenvalue weighted by atomic mass is 10.0. The molecule has 1 aromatic carbocycles. The second kappa shape index (κ2) is 5.41. The van der Waals surface area contributed by atoms with E-state index in [0.29, 0.717) is 5.92 Å². The third kappa shape index (κ3) is 2.69. The summed E-state index contributed by atoms with van der Waals surface area (Å²) in [6.45, 7) is 4.46. The highest BCUT2D eigenvalue weighted by atomic mass is 14.7. The van der Waals surface area contributed by atoms with Gasteiger partial charge in [0.25, 0.3) is 0 Å². The van der Waals surface area contributed by atoms with Crippen molar-refractivity contribution in [3.8, 4) is 11.3 Å². The molecule has 20 heavy (non-hydrogen) atoms. The van der Waals surface area contributed by atoms with Crippen LogP contribution in [-0.4, -0.2) is 9.97 Å². The van der Waals surface area contributed by atoms with Gasteiger partial charge in [0.05, 0.1) is 17.4 Å². The summed E-state index contributed by atoms with van der Waals surface area (Å²) in [7, 11) is 0. The quantitative estimate of drug-likeness (QED) is 0.694. The van der Waals surface area contributed by atoms with Crippen molar-refractivity contribution in [3.63, 3.8) is 0 Å². The van der Waals surface area contributed by atoms with Crippen molar-refractivity contribution >= 4 is 10.9 Å². The molecule has 3 aromatic rings. The maximum Gasteiger partial charge on any atom is 0.0885 e. The van der Waals surface area contributed by atoms with Crippen LogP contribution in [0.2, 0.25) is 0 Å². The molecule has 0 fully saturated rings. The Hall–Kier alpha value is -2.22. The zero-order valence-corrected chi connectivity index (χ0v) is 11.9. The molecule has 100 valence electrons. The van der Waals surface area contributed by atoms with E-state index in [1.54, 1.807) is 0 Å². The van der Waals surface area contributed by atoms with Crippen LogP contribution in [0.4, 0.5) is 0 Å². The van der Waals surface area contributed by atoms with Crippen molar-refractivity contribution in [1.29, 1.82) is 0 Å². The first-order chi connectivity index (χ1) is 9.72. The molecule has 2 aromatic heterocycles. The highest BCUT2D eigenvalue weighted by molar-refractivity contribution is 5.82. The van der Waals surface area contributed by atoms with Gasteiger partial charge >= 0.3 is 0 Å². The van der Waals surface area contributed by atoms with Crippen LogP contribution in [0.5, 0.6) is 0 Å². The van der Waals surface area contributed by atoms with Crippen molar-refractivity contribution in [2.75, 3.05) is 0 Å². The summed E-state index contributed by atoms with van der Waals surface area (Å²) in [5.41, 5.74) is 4.39. The maximum atomic E-state index is 4.51. The summed E-state index contributed by atoms with van der Waals surface area (Å²) in [5.74, 6) is 0.643. The normalized spacial score (nSPS) is 11.2. The van der Waals surface area contributed by atoms with Crippen LogP contribution in [-0.2, 0) is 6.42 Å². The average Bonchev–Trinajstić information content (AvgIpc) is 2.47. The van der Waals surface area contributed by atoms with Crippen molar-refractivity contribution < 1.29 is 0 Å². The van der Waals surface area contributed by atoms with Gasteiger partial charge in [-0.25, -0.2) is 0 Å². The summed E-state index contributed by atoms with van der Waals surface area (Å²) in [6.07, 6.45) is 4.88. The van der Waals surface area contributed by atoms with Gasteiger partial charge in [-0.2, -0.15) is 0 Å². The van der Waals surface area contributed by atoms with Gasteiger partial charge in [-0.1, -0.05) is 44.2 Å². The molecule has 0 bridgehead atoms. The van der Waals surface area contributed by atoms with E-state index in [9.17, 15) is 0 Å². The van der Waals surface area contributed by atoms with Gasteiger partial charge in [0.15, 0.2) is 0 Å². The van der Waals surface area contributed by atoms with E-state index in [2.05, 4.69) is 48.1 Å². The van der Waals surface area contributed by atoms with Crippen LogP contribution >= 0.6 is 0 Å². The zero-order chi connectivity index (χ0) is 13.9. The summed E-state index contributed by atoms with van der Waals surface area (Å²) in [6, 6.07) is 14.6. The number of aromatic nitrogens is 2. The third-order valence-electron chi connectivity index (χ3n) is 3.34. The Bertz CT molecular complexity index is 718. The lowest BCUT2D eigenvalue weighted by Crippen LogP contribution is -1.95. The molecule has 0 unspecified atom stereocenters. The van der Waals surface area contributed by atoms with Crippen molar-refractivity contribution in [2.24, 2.45) is 5.92 Å². The summed E-state index contributed by atoms with van der Waals surface area (Å²) < 4.78 is 0.